The van der Waals surface area contributed by atoms with Gasteiger partial charge >= 0.3 is 0 Å². The highest BCUT2D eigenvalue weighted by atomic mass is 16.5. The summed E-state index contributed by atoms with van der Waals surface area (Å²) in [6.45, 7) is 0.224. The van der Waals surface area contributed by atoms with Gasteiger partial charge in [-0.2, -0.15) is 4.98 Å². The van der Waals surface area contributed by atoms with Crippen LogP contribution in [0.4, 0.5) is 11.6 Å². The van der Waals surface area contributed by atoms with E-state index in [-0.39, 0.29) is 19.0 Å². The zero-order valence-electron chi connectivity index (χ0n) is 13.3. The van der Waals surface area contributed by atoms with Crippen LogP contribution in [-0.2, 0) is 20.9 Å². The average molecular weight is 344 g/mol. The fraction of sp³-hybridized carbons (Fsp3) is 0.267. The van der Waals surface area contributed by atoms with Gasteiger partial charge in [0.05, 0.1) is 17.7 Å². The second-order valence-corrected chi connectivity index (χ2v) is 5.35. The first-order valence-corrected chi connectivity index (χ1v) is 7.47. The molecule has 0 unspecified atom stereocenters. The van der Waals surface area contributed by atoms with Crippen LogP contribution in [0, 0.1) is 0 Å². The zero-order chi connectivity index (χ0) is 17.8. The van der Waals surface area contributed by atoms with E-state index >= 15 is 0 Å². The molecular formula is C15H16N6O4. The van der Waals surface area contributed by atoms with E-state index in [4.69, 9.17) is 4.74 Å². The number of aromatic nitrogens is 3. The maximum Gasteiger partial charge on any atom is 0.254 e. The maximum absolute atomic E-state index is 12.2. The fourth-order valence-electron chi connectivity index (χ4n) is 2.37. The number of hydrogen-bond acceptors (Lipinski definition) is 6. The minimum absolute atomic E-state index is 0.0701. The molecule has 3 amide bonds. The lowest BCUT2D eigenvalue weighted by Gasteiger charge is -2.13. The number of ether oxygens (including phenoxy) is 1. The molecule has 0 saturated heterocycles. The summed E-state index contributed by atoms with van der Waals surface area (Å²) in [6, 6.07) is 5.62. The second-order valence-electron chi connectivity index (χ2n) is 5.35. The lowest BCUT2D eigenvalue weighted by atomic mass is 10.1. The van der Waals surface area contributed by atoms with Crippen LogP contribution in [0.2, 0.25) is 0 Å². The third kappa shape index (κ3) is 3.80. The molecule has 1 aromatic heterocycles. The van der Waals surface area contributed by atoms with Gasteiger partial charge in [-0.1, -0.05) is 12.1 Å². The topological polar surface area (TPSA) is 138 Å². The van der Waals surface area contributed by atoms with E-state index in [2.05, 4.69) is 31.1 Å². The molecule has 0 fully saturated rings. The Labute approximate surface area is 142 Å². The van der Waals surface area contributed by atoms with Crippen molar-refractivity contribution in [2.45, 2.75) is 19.1 Å². The van der Waals surface area contributed by atoms with E-state index in [0.717, 1.165) is 0 Å². The molecular weight excluding hydrogens is 328 g/mol. The zero-order valence-corrected chi connectivity index (χ0v) is 13.3. The summed E-state index contributed by atoms with van der Waals surface area (Å²) < 4.78 is 4.89. The number of carbonyl (C=O) groups is 3. The first-order valence-electron chi connectivity index (χ1n) is 7.47. The molecule has 0 saturated carbocycles. The van der Waals surface area contributed by atoms with E-state index in [1.54, 1.807) is 24.3 Å². The molecule has 1 atom stereocenters. The van der Waals surface area contributed by atoms with Gasteiger partial charge < -0.3 is 15.4 Å². The molecule has 0 spiro atoms. The van der Waals surface area contributed by atoms with Crippen molar-refractivity contribution in [1.29, 1.82) is 0 Å². The molecule has 3 rings (SSSR count). The van der Waals surface area contributed by atoms with Crippen LogP contribution < -0.4 is 16.0 Å². The monoisotopic (exact) mass is 344 g/mol. The number of amides is 3. The van der Waals surface area contributed by atoms with Crippen molar-refractivity contribution in [2.75, 3.05) is 17.7 Å². The highest BCUT2D eigenvalue weighted by Gasteiger charge is 2.29. The molecule has 1 aliphatic rings. The van der Waals surface area contributed by atoms with Gasteiger partial charge in [-0.05, 0) is 12.1 Å². The Morgan fingerprint density at radius 3 is 2.92 bits per heavy atom. The number of fused-ring (bicyclic) bond motifs is 1. The number of para-hydroxylation sites is 1. The smallest absolute Gasteiger partial charge is 0.254 e. The largest absolute Gasteiger partial charge is 0.377 e. The Morgan fingerprint density at radius 2 is 2.12 bits per heavy atom. The quantitative estimate of drug-likeness (QED) is 0.604. The van der Waals surface area contributed by atoms with E-state index in [0.29, 0.717) is 17.1 Å². The van der Waals surface area contributed by atoms with Crippen LogP contribution in [-0.4, -0.2) is 46.1 Å². The second kappa shape index (κ2) is 7.09. The number of nitrogens with zero attached hydrogens (tertiary/aromatic N) is 2. The van der Waals surface area contributed by atoms with Gasteiger partial charge in [0.1, 0.15) is 12.6 Å². The molecule has 2 aromatic rings. The fourth-order valence-corrected chi connectivity index (χ4v) is 2.37. The number of carbonyl (C=O) groups excluding carboxylic acids is 3. The Kier molecular flexibility index (Phi) is 4.70. The van der Waals surface area contributed by atoms with Gasteiger partial charge in [0.2, 0.25) is 17.8 Å². The molecule has 25 heavy (non-hydrogen) atoms. The van der Waals surface area contributed by atoms with Crippen molar-refractivity contribution >= 4 is 29.4 Å². The van der Waals surface area contributed by atoms with Crippen molar-refractivity contribution in [3.63, 3.8) is 0 Å². The molecule has 10 heteroatoms. The van der Waals surface area contributed by atoms with Gasteiger partial charge in [0, 0.05) is 7.11 Å². The number of nitrogens with one attached hydrogen (secondary N) is 4. The number of aromatic amines is 1. The lowest BCUT2D eigenvalue weighted by Crippen LogP contribution is -2.43. The van der Waals surface area contributed by atoms with Crippen LogP contribution in [0.25, 0.3) is 0 Å². The Morgan fingerprint density at radius 1 is 1.32 bits per heavy atom. The first kappa shape index (κ1) is 16.6. The van der Waals surface area contributed by atoms with Gasteiger partial charge in [0.15, 0.2) is 5.82 Å². The van der Waals surface area contributed by atoms with Crippen LogP contribution in [0.1, 0.15) is 22.6 Å². The van der Waals surface area contributed by atoms with Crippen molar-refractivity contribution in [1.82, 2.24) is 20.5 Å². The first-order chi connectivity index (χ1) is 12.1. The average Bonchev–Trinajstić information content (AvgIpc) is 2.97. The molecule has 10 nitrogen and oxygen atoms in total. The van der Waals surface area contributed by atoms with Crippen molar-refractivity contribution < 1.29 is 19.1 Å². The number of hydrogen-bond donors (Lipinski definition) is 4. The van der Waals surface area contributed by atoms with E-state index in [9.17, 15) is 14.4 Å². The summed E-state index contributed by atoms with van der Waals surface area (Å²) in [6.07, 6.45) is -0.250. The predicted octanol–water partition coefficient (Wildman–Crippen LogP) is 0.0304. The molecule has 0 aliphatic carbocycles. The van der Waals surface area contributed by atoms with Crippen LogP contribution in [0.15, 0.2) is 24.3 Å². The molecule has 2 heterocycles. The van der Waals surface area contributed by atoms with Crippen molar-refractivity contribution in [3.05, 3.63) is 35.7 Å². The van der Waals surface area contributed by atoms with Crippen LogP contribution in [0.5, 0.6) is 0 Å². The van der Waals surface area contributed by atoms with Crippen LogP contribution in [0.3, 0.4) is 0 Å². The predicted molar refractivity (Wildman–Crippen MR) is 86.7 cm³/mol. The van der Waals surface area contributed by atoms with E-state index in [1.165, 1.54) is 7.11 Å². The molecule has 1 aliphatic heterocycles. The van der Waals surface area contributed by atoms with E-state index in [1.807, 2.05) is 0 Å². The van der Waals surface area contributed by atoms with Crippen molar-refractivity contribution in [3.8, 4) is 0 Å². The summed E-state index contributed by atoms with van der Waals surface area (Å²) in [5.41, 5.74) is 0.753. The third-order valence-corrected chi connectivity index (χ3v) is 3.50. The van der Waals surface area contributed by atoms with Crippen molar-refractivity contribution in [2.24, 2.45) is 0 Å². The summed E-state index contributed by atoms with van der Waals surface area (Å²) >= 11 is 0. The number of rotatable bonds is 5. The molecule has 130 valence electrons. The summed E-state index contributed by atoms with van der Waals surface area (Å²) in [5, 5.41) is 14.1. The standard InChI is InChI=1S/C15H16N6O4/c1-25-7-11-18-15(21-20-11)19-12(22)6-10-14(24)16-9-5-3-2-4-8(9)13(23)17-10/h2-5,10H,6-7H2,1H3,(H,16,24)(H,17,23)(H2,18,19,20,21,22)/t10-/m0/s1. The Balaban J connectivity index is 1.65. The van der Waals surface area contributed by atoms with Gasteiger partial charge in [-0.25, -0.2) is 0 Å². The molecule has 1 aromatic carbocycles. The minimum atomic E-state index is -1.00. The highest BCUT2D eigenvalue weighted by Crippen LogP contribution is 2.18. The Hall–Kier alpha value is -3.27. The third-order valence-electron chi connectivity index (χ3n) is 3.50. The number of methoxy groups -OCH3 is 1. The van der Waals surface area contributed by atoms with Crippen LogP contribution >= 0.6 is 0 Å². The number of anilines is 2. The van der Waals surface area contributed by atoms with Gasteiger partial charge in [-0.3, -0.25) is 24.8 Å². The number of benzene rings is 1. The number of H-pyrrole nitrogens is 1. The Bertz CT molecular complexity index is 818. The molecule has 0 bridgehead atoms. The molecule has 4 N–H and O–H groups in total. The van der Waals surface area contributed by atoms with Gasteiger partial charge in [0.25, 0.3) is 5.91 Å². The van der Waals surface area contributed by atoms with E-state index < -0.39 is 23.8 Å². The summed E-state index contributed by atoms with van der Waals surface area (Å²) in [7, 11) is 1.51. The summed E-state index contributed by atoms with van der Waals surface area (Å²) in [5.74, 6) is -0.876. The normalized spacial score (nSPS) is 16.4. The highest BCUT2D eigenvalue weighted by molar-refractivity contribution is 6.11. The van der Waals surface area contributed by atoms with Gasteiger partial charge in [-0.15, -0.1) is 5.10 Å². The summed E-state index contributed by atoms with van der Waals surface area (Å²) in [4.78, 5) is 40.6. The molecule has 0 radical (unpaired) electrons. The SMILES string of the molecule is COCc1nc(NC(=O)C[C@@H]2NC(=O)c3ccccc3NC2=O)n[nH]1. The lowest BCUT2D eigenvalue weighted by molar-refractivity contribution is -0.122. The maximum atomic E-state index is 12.2. The minimum Gasteiger partial charge on any atom is -0.377 e.